The molecule has 0 saturated heterocycles. The maximum absolute atomic E-state index is 12.7. The molecule has 1 amide bonds. The first kappa shape index (κ1) is 21.0. The third-order valence-corrected chi connectivity index (χ3v) is 4.91. The zero-order chi connectivity index (χ0) is 20.0. The highest BCUT2D eigenvalue weighted by Gasteiger charge is 2.21. The molecule has 2 aromatic carbocycles. The van der Waals surface area contributed by atoms with E-state index in [0.29, 0.717) is 6.42 Å². The van der Waals surface area contributed by atoms with E-state index in [4.69, 9.17) is 4.74 Å². The number of nitrogens with one attached hydrogen (secondary N) is 1. The minimum atomic E-state index is -0.492. The summed E-state index contributed by atoms with van der Waals surface area (Å²) in [6.07, 6.45) is 1.12. The fourth-order valence-corrected chi connectivity index (χ4v) is 2.95. The van der Waals surface area contributed by atoms with Crippen LogP contribution in [-0.4, -0.2) is 12.0 Å². The van der Waals surface area contributed by atoms with Gasteiger partial charge in [0.25, 0.3) is 5.91 Å². The minimum Gasteiger partial charge on any atom is -0.481 e. The lowest BCUT2D eigenvalue weighted by Crippen LogP contribution is -2.39. The Morgan fingerprint density at radius 1 is 1.00 bits per heavy atom. The second-order valence-electron chi connectivity index (χ2n) is 8.11. The molecule has 0 heterocycles. The largest absolute Gasteiger partial charge is 0.481 e. The quantitative estimate of drug-likeness (QED) is 0.693. The fraction of sp³-hybridized carbons (Fsp3) is 0.458. The van der Waals surface area contributed by atoms with Crippen molar-refractivity contribution in [2.75, 3.05) is 0 Å². The average molecular weight is 368 g/mol. The summed E-state index contributed by atoms with van der Waals surface area (Å²) in [6, 6.07) is 16.4. The number of rotatable bonds is 7. The van der Waals surface area contributed by atoms with Crippen molar-refractivity contribution in [3.8, 4) is 5.75 Å². The SMILES string of the molecule is CCc1ccc(O[C@H](CC)C(=O)N[C@@H](C)c2ccc(C(C)(C)C)cc2)cc1. The molecule has 0 unspecified atom stereocenters. The summed E-state index contributed by atoms with van der Waals surface area (Å²) < 4.78 is 5.91. The van der Waals surface area contributed by atoms with E-state index in [1.807, 2.05) is 38.1 Å². The van der Waals surface area contributed by atoms with Crippen molar-refractivity contribution >= 4 is 5.91 Å². The molecular weight excluding hydrogens is 334 g/mol. The molecule has 0 spiro atoms. The molecule has 2 rings (SSSR count). The van der Waals surface area contributed by atoms with Gasteiger partial charge in [-0.1, -0.05) is 71.0 Å². The highest BCUT2D eigenvalue weighted by Crippen LogP contribution is 2.24. The number of hydrogen-bond donors (Lipinski definition) is 1. The van der Waals surface area contributed by atoms with Gasteiger partial charge in [0.05, 0.1) is 6.04 Å². The average Bonchev–Trinajstić information content (AvgIpc) is 2.65. The van der Waals surface area contributed by atoms with E-state index in [2.05, 4.69) is 57.3 Å². The van der Waals surface area contributed by atoms with Gasteiger partial charge in [0.15, 0.2) is 6.10 Å². The van der Waals surface area contributed by atoms with Gasteiger partial charge < -0.3 is 10.1 Å². The molecule has 0 aliphatic carbocycles. The number of hydrogen-bond acceptors (Lipinski definition) is 2. The summed E-state index contributed by atoms with van der Waals surface area (Å²) in [6.45, 7) is 12.7. The predicted octanol–water partition coefficient (Wildman–Crippen LogP) is 5.58. The minimum absolute atomic E-state index is 0.0633. The van der Waals surface area contributed by atoms with Gasteiger partial charge in [-0.2, -0.15) is 0 Å². The second kappa shape index (κ2) is 9.07. The molecule has 3 nitrogen and oxygen atoms in total. The van der Waals surface area contributed by atoms with Crippen molar-refractivity contribution in [1.82, 2.24) is 5.32 Å². The lowest BCUT2D eigenvalue weighted by Gasteiger charge is -2.22. The summed E-state index contributed by atoms with van der Waals surface area (Å²) in [7, 11) is 0. The van der Waals surface area contributed by atoms with Crippen LogP contribution in [0.25, 0.3) is 0 Å². The van der Waals surface area contributed by atoms with Crippen molar-refractivity contribution < 1.29 is 9.53 Å². The monoisotopic (exact) mass is 367 g/mol. The second-order valence-corrected chi connectivity index (χ2v) is 8.11. The third kappa shape index (κ3) is 5.85. The zero-order valence-corrected chi connectivity index (χ0v) is 17.5. The van der Waals surface area contributed by atoms with E-state index in [1.54, 1.807) is 0 Å². The Bertz CT molecular complexity index is 726. The molecule has 0 aliphatic heterocycles. The third-order valence-electron chi connectivity index (χ3n) is 4.91. The van der Waals surface area contributed by atoms with Gasteiger partial charge in [-0.15, -0.1) is 0 Å². The molecule has 0 fully saturated rings. The molecule has 3 heteroatoms. The molecule has 0 saturated carbocycles. The van der Waals surface area contributed by atoms with Crippen LogP contribution in [0, 0.1) is 0 Å². The number of carbonyl (C=O) groups is 1. The van der Waals surface area contributed by atoms with Gasteiger partial charge in [0.1, 0.15) is 5.75 Å². The van der Waals surface area contributed by atoms with Crippen LogP contribution in [0.5, 0.6) is 5.75 Å². The first-order chi connectivity index (χ1) is 12.7. The van der Waals surface area contributed by atoms with Gasteiger partial charge in [0, 0.05) is 0 Å². The summed E-state index contributed by atoms with van der Waals surface area (Å²) in [4.78, 5) is 12.7. The molecule has 1 N–H and O–H groups in total. The van der Waals surface area contributed by atoms with E-state index in [9.17, 15) is 4.79 Å². The smallest absolute Gasteiger partial charge is 0.261 e. The highest BCUT2D eigenvalue weighted by atomic mass is 16.5. The molecule has 0 aliphatic rings. The van der Waals surface area contributed by atoms with Gasteiger partial charge in [-0.05, 0) is 54.0 Å². The van der Waals surface area contributed by atoms with E-state index in [-0.39, 0.29) is 17.4 Å². The van der Waals surface area contributed by atoms with Crippen LogP contribution < -0.4 is 10.1 Å². The van der Waals surface area contributed by atoms with Crippen LogP contribution in [0.2, 0.25) is 0 Å². The number of aryl methyl sites for hydroxylation is 1. The van der Waals surface area contributed by atoms with Crippen LogP contribution in [0.1, 0.15) is 70.7 Å². The first-order valence-electron chi connectivity index (χ1n) is 9.91. The maximum atomic E-state index is 12.7. The first-order valence-corrected chi connectivity index (χ1v) is 9.91. The Kier molecular flexibility index (Phi) is 7.06. The standard InChI is InChI=1S/C24H33NO2/c1-7-18-9-15-21(16-10-18)27-22(8-2)23(26)25-17(3)19-11-13-20(14-12-19)24(4,5)6/h9-17,22H,7-8H2,1-6H3,(H,25,26)/t17-,22+/m0/s1. The molecule has 27 heavy (non-hydrogen) atoms. The molecule has 146 valence electrons. The van der Waals surface area contributed by atoms with E-state index >= 15 is 0 Å². The lowest BCUT2D eigenvalue weighted by atomic mass is 9.86. The Balaban J connectivity index is 2.00. The molecule has 0 radical (unpaired) electrons. The highest BCUT2D eigenvalue weighted by molar-refractivity contribution is 5.81. The van der Waals surface area contributed by atoms with Crippen LogP contribution >= 0.6 is 0 Å². The number of benzene rings is 2. The van der Waals surface area contributed by atoms with Gasteiger partial charge >= 0.3 is 0 Å². The van der Waals surface area contributed by atoms with Crippen molar-refractivity contribution in [2.24, 2.45) is 0 Å². The Morgan fingerprint density at radius 3 is 2.07 bits per heavy atom. The van der Waals surface area contributed by atoms with Crippen molar-refractivity contribution in [3.05, 3.63) is 65.2 Å². The topological polar surface area (TPSA) is 38.3 Å². The molecular formula is C24H33NO2. The van der Waals surface area contributed by atoms with Gasteiger partial charge in [0.2, 0.25) is 0 Å². The maximum Gasteiger partial charge on any atom is 0.261 e. The number of ether oxygens (including phenoxy) is 1. The molecule has 2 aromatic rings. The molecule has 0 bridgehead atoms. The summed E-state index contributed by atoms with van der Waals surface area (Å²) in [5, 5.41) is 3.08. The van der Waals surface area contributed by atoms with Crippen LogP contribution in [-0.2, 0) is 16.6 Å². The van der Waals surface area contributed by atoms with Gasteiger partial charge in [-0.25, -0.2) is 0 Å². The summed E-state index contributed by atoms with van der Waals surface area (Å²) >= 11 is 0. The van der Waals surface area contributed by atoms with Crippen molar-refractivity contribution in [2.45, 2.75) is 71.9 Å². The number of carbonyl (C=O) groups excluding carboxylic acids is 1. The van der Waals surface area contributed by atoms with E-state index in [0.717, 1.165) is 17.7 Å². The zero-order valence-electron chi connectivity index (χ0n) is 17.5. The molecule has 2 atom stereocenters. The molecule has 0 aromatic heterocycles. The van der Waals surface area contributed by atoms with E-state index in [1.165, 1.54) is 11.1 Å². The fourth-order valence-electron chi connectivity index (χ4n) is 2.95. The van der Waals surface area contributed by atoms with Crippen LogP contribution in [0.3, 0.4) is 0 Å². The van der Waals surface area contributed by atoms with Crippen molar-refractivity contribution in [3.63, 3.8) is 0 Å². The van der Waals surface area contributed by atoms with Crippen molar-refractivity contribution in [1.29, 1.82) is 0 Å². The van der Waals surface area contributed by atoms with Crippen LogP contribution in [0.15, 0.2) is 48.5 Å². The Morgan fingerprint density at radius 2 is 1.59 bits per heavy atom. The normalized spacial score (nSPS) is 13.7. The summed E-state index contributed by atoms with van der Waals surface area (Å²) in [5.41, 5.74) is 3.76. The number of amides is 1. The Hall–Kier alpha value is -2.29. The van der Waals surface area contributed by atoms with E-state index < -0.39 is 6.10 Å². The lowest BCUT2D eigenvalue weighted by molar-refractivity contribution is -0.128. The Labute approximate surface area is 164 Å². The summed E-state index contributed by atoms with van der Waals surface area (Å²) in [5.74, 6) is 0.654. The van der Waals surface area contributed by atoms with Crippen LogP contribution in [0.4, 0.5) is 0 Å². The van der Waals surface area contributed by atoms with Gasteiger partial charge in [-0.3, -0.25) is 4.79 Å². The predicted molar refractivity (Wildman–Crippen MR) is 112 cm³/mol.